The molecule has 0 atom stereocenters. The number of hydrogen-bond donors (Lipinski definition) is 0. The average Bonchev–Trinajstić information content (AvgIpc) is 2.65. The van der Waals surface area contributed by atoms with Crippen molar-refractivity contribution in [2.75, 3.05) is 0 Å². The van der Waals surface area contributed by atoms with Gasteiger partial charge in [0.15, 0.2) is 5.82 Å². The summed E-state index contributed by atoms with van der Waals surface area (Å²) in [5.41, 5.74) is 1.88. The molecule has 0 fully saturated rings. The molecule has 0 unspecified atom stereocenters. The molecule has 4 nitrogen and oxygen atoms in total. The van der Waals surface area contributed by atoms with Gasteiger partial charge in [-0.1, -0.05) is 19.9 Å². The zero-order valence-electron chi connectivity index (χ0n) is 9.88. The molecule has 0 saturated carbocycles. The fourth-order valence-electron chi connectivity index (χ4n) is 1.65. The molecule has 0 aliphatic rings. The van der Waals surface area contributed by atoms with Gasteiger partial charge in [0.1, 0.15) is 12.0 Å². The minimum atomic E-state index is 0.569. The fraction of sp³-hybridized carbons (Fsp3) is 0.417. The van der Waals surface area contributed by atoms with Crippen LogP contribution in [0.25, 0.3) is 11.5 Å². The Kier molecular flexibility index (Phi) is 2.99. The maximum atomic E-state index is 4.46. The predicted octanol–water partition coefficient (Wildman–Crippen LogP) is 2.30. The first-order chi connectivity index (χ1) is 7.66. The zero-order chi connectivity index (χ0) is 11.5. The van der Waals surface area contributed by atoms with E-state index in [-0.39, 0.29) is 0 Å². The van der Waals surface area contributed by atoms with E-state index >= 15 is 0 Å². The van der Waals surface area contributed by atoms with Gasteiger partial charge in [-0.3, -0.25) is 0 Å². The maximum Gasteiger partial charge on any atom is 0.182 e. The van der Waals surface area contributed by atoms with E-state index in [1.165, 1.54) is 0 Å². The molecular formula is C12H16N4. The van der Waals surface area contributed by atoms with Gasteiger partial charge in [0.05, 0.1) is 0 Å². The van der Waals surface area contributed by atoms with Gasteiger partial charge in [-0.05, 0) is 25.0 Å². The third kappa shape index (κ3) is 2.27. The molecule has 0 radical (unpaired) electrons. The van der Waals surface area contributed by atoms with Crippen LogP contribution in [0.3, 0.4) is 0 Å². The third-order valence-electron chi connectivity index (χ3n) is 2.29. The molecule has 0 saturated heterocycles. The normalized spacial score (nSPS) is 11.0. The van der Waals surface area contributed by atoms with Crippen molar-refractivity contribution in [1.82, 2.24) is 19.7 Å². The molecule has 4 heteroatoms. The summed E-state index contributed by atoms with van der Waals surface area (Å²) in [4.78, 5) is 4.46. The van der Waals surface area contributed by atoms with E-state index in [0.29, 0.717) is 5.92 Å². The summed E-state index contributed by atoms with van der Waals surface area (Å²) in [6.45, 7) is 7.24. The number of aromatic nitrogens is 4. The predicted molar refractivity (Wildman–Crippen MR) is 62.8 cm³/mol. The van der Waals surface area contributed by atoms with E-state index < -0.39 is 0 Å². The summed E-state index contributed by atoms with van der Waals surface area (Å²) in [5.74, 6) is 1.41. The quantitative estimate of drug-likeness (QED) is 0.790. The average molecular weight is 216 g/mol. The largest absolute Gasteiger partial charge is 0.312 e. The summed E-state index contributed by atoms with van der Waals surface area (Å²) in [7, 11) is 0. The number of pyridine rings is 1. The van der Waals surface area contributed by atoms with Crippen molar-refractivity contribution in [3.8, 4) is 11.5 Å². The van der Waals surface area contributed by atoms with Crippen LogP contribution in [0, 0.1) is 12.8 Å². The van der Waals surface area contributed by atoms with Crippen LogP contribution in [-0.4, -0.2) is 19.7 Å². The smallest absolute Gasteiger partial charge is 0.182 e. The van der Waals surface area contributed by atoms with E-state index in [1.807, 2.05) is 29.7 Å². The Hall–Kier alpha value is -1.71. The van der Waals surface area contributed by atoms with Crippen LogP contribution < -0.4 is 0 Å². The molecule has 0 aliphatic heterocycles. The van der Waals surface area contributed by atoms with Gasteiger partial charge < -0.3 is 4.57 Å². The van der Waals surface area contributed by atoms with E-state index in [9.17, 15) is 0 Å². The van der Waals surface area contributed by atoms with Gasteiger partial charge in [-0.2, -0.15) is 0 Å². The number of hydrogen-bond acceptors (Lipinski definition) is 3. The van der Waals surface area contributed by atoms with Crippen molar-refractivity contribution < 1.29 is 0 Å². The Labute approximate surface area is 95.4 Å². The van der Waals surface area contributed by atoms with Gasteiger partial charge in [0, 0.05) is 12.2 Å². The topological polar surface area (TPSA) is 43.6 Å². The van der Waals surface area contributed by atoms with Gasteiger partial charge in [0.2, 0.25) is 0 Å². The van der Waals surface area contributed by atoms with Gasteiger partial charge >= 0.3 is 0 Å². The van der Waals surface area contributed by atoms with Crippen molar-refractivity contribution in [2.24, 2.45) is 5.92 Å². The van der Waals surface area contributed by atoms with Crippen molar-refractivity contribution in [1.29, 1.82) is 0 Å². The first-order valence-electron chi connectivity index (χ1n) is 5.48. The maximum absolute atomic E-state index is 4.46. The van der Waals surface area contributed by atoms with Gasteiger partial charge in [0.25, 0.3) is 0 Å². The van der Waals surface area contributed by atoms with E-state index in [2.05, 4.69) is 29.0 Å². The summed E-state index contributed by atoms with van der Waals surface area (Å²) in [6.07, 6.45) is 1.76. The highest BCUT2D eigenvalue weighted by atomic mass is 15.3. The summed E-state index contributed by atoms with van der Waals surface area (Å²) in [6, 6.07) is 5.94. The minimum absolute atomic E-state index is 0.569. The summed E-state index contributed by atoms with van der Waals surface area (Å²) >= 11 is 0. The second kappa shape index (κ2) is 4.43. The van der Waals surface area contributed by atoms with Gasteiger partial charge in [-0.25, -0.2) is 4.98 Å². The molecule has 0 aliphatic carbocycles. The second-order valence-electron chi connectivity index (χ2n) is 4.36. The van der Waals surface area contributed by atoms with Crippen LogP contribution >= 0.6 is 0 Å². The fourth-order valence-corrected chi connectivity index (χ4v) is 1.65. The Morgan fingerprint density at radius 3 is 2.81 bits per heavy atom. The summed E-state index contributed by atoms with van der Waals surface area (Å²) < 4.78 is 2.05. The lowest BCUT2D eigenvalue weighted by atomic mass is 10.2. The van der Waals surface area contributed by atoms with E-state index in [4.69, 9.17) is 0 Å². The van der Waals surface area contributed by atoms with Crippen molar-refractivity contribution >= 4 is 0 Å². The zero-order valence-corrected chi connectivity index (χ0v) is 9.88. The highest BCUT2D eigenvalue weighted by Crippen LogP contribution is 2.15. The Bertz CT molecular complexity index is 473. The molecular weight excluding hydrogens is 200 g/mol. The molecule has 84 valence electrons. The number of aryl methyl sites for hydroxylation is 1. The number of rotatable bonds is 3. The lowest BCUT2D eigenvalue weighted by Crippen LogP contribution is -2.05. The molecule has 2 rings (SSSR count). The Morgan fingerprint density at radius 2 is 2.12 bits per heavy atom. The molecule has 0 bridgehead atoms. The molecule has 16 heavy (non-hydrogen) atoms. The molecule has 0 N–H and O–H groups in total. The molecule has 2 heterocycles. The van der Waals surface area contributed by atoms with Crippen LogP contribution in [0.15, 0.2) is 24.5 Å². The molecule has 0 spiro atoms. The van der Waals surface area contributed by atoms with Crippen LogP contribution in [0.5, 0.6) is 0 Å². The highest BCUT2D eigenvalue weighted by molar-refractivity contribution is 5.48. The van der Waals surface area contributed by atoms with Crippen LogP contribution in [0.2, 0.25) is 0 Å². The molecule has 0 amide bonds. The van der Waals surface area contributed by atoms with Crippen LogP contribution in [0.4, 0.5) is 0 Å². The third-order valence-corrected chi connectivity index (χ3v) is 2.29. The Morgan fingerprint density at radius 1 is 1.31 bits per heavy atom. The summed E-state index contributed by atoms with van der Waals surface area (Å²) in [5, 5.41) is 8.09. The first-order valence-corrected chi connectivity index (χ1v) is 5.48. The van der Waals surface area contributed by atoms with Crippen LogP contribution in [-0.2, 0) is 6.54 Å². The van der Waals surface area contributed by atoms with Crippen molar-refractivity contribution in [2.45, 2.75) is 27.3 Å². The minimum Gasteiger partial charge on any atom is -0.312 e. The standard InChI is InChI=1S/C12H16N4/c1-9(2)7-16-8-13-15-12(16)11-6-4-5-10(3)14-11/h4-6,8-9H,7H2,1-3H3. The van der Waals surface area contributed by atoms with E-state index in [1.54, 1.807) is 6.33 Å². The first kappa shape index (κ1) is 10.8. The Balaban J connectivity index is 2.37. The van der Waals surface area contributed by atoms with Crippen LogP contribution in [0.1, 0.15) is 19.5 Å². The lowest BCUT2D eigenvalue weighted by molar-refractivity contribution is 0.525. The highest BCUT2D eigenvalue weighted by Gasteiger charge is 2.09. The molecule has 0 aromatic carbocycles. The molecule has 2 aromatic rings. The van der Waals surface area contributed by atoms with Crippen molar-refractivity contribution in [3.05, 3.63) is 30.2 Å². The van der Waals surface area contributed by atoms with Gasteiger partial charge in [-0.15, -0.1) is 10.2 Å². The van der Waals surface area contributed by atoms with E-state index in [0.717, 1.165) is 23.8 Å². The SMILES string of the molecule is Cc1cccc(-c2nncn2CC(C)C)n1. The lowest BCUT2D eigenvalue weighted by Gasteiger charge is -2.08. The number of nitrogens with zero attached hydrogens (tertiary/aromatic N) is 4. The monoisotopic (exact) mass is 216 g/mol. The molecule has 2 aromatic heterocycles. The van der Waals surface area contributed by atoms with Crippen molar-refractivity contribution in [3.63, 3.8) is 0 Å². The second-order valence-corrected chi connectivity index (χ2v) is 4.36.